The van der Waals surface area contributed by atoms with E-state index in [1.807, 2.05) is 36.4 Å². The molecular formula is C20H22N2O4. The van der Waals surface area contributed by atoms with Crippen LogP contribution in [0.2, 0.25) is 0 Å². The largest absolute Gasteiger partial charge is 0.456 e. The molecule has 0 radical (unpaired) electrons. The van der Waals surface area contributed by atoms with Crippen molar-refractivity contribution in [2.75, 3.05) is 5.32 Å². The zero-order valence-electron chi connectivity index (χ0n) is 15.3. The van der Waals surface area contributed by atoms with Crippen molar-refractivity contribution in [1.82, 2.24) is 5.32 Å². The van der Waals surface area contributed by atoms with E-state index < -0.39 is 17.7 Å². The molecule has 3 rings (SSSR count). The molecule has 1 heterocycles. The van der Waals surface area contributed by atoms with Crippen LogP contribution in [0.15, 0.2) is 46.9 Å². The predicted octanol–water partition coefficient (Wildman–Crippen LogP) is 4.44. The van der Waals surface area contributed by atoms with Gasteiger partial charge < -0.3 is 19.8 Å². The Morgan fingerprint density at radius 3 is 2.46 bits per heavy atom. The molecule has 1 atom stereocenters. The molecule has 136 valence electrons. The van der Waals surface area contributed by atoms with Gasteiger partial charge in [0, 0.05) is 22.5 Å². The van der Waals surface area contributed by atoms with Crippen LogP contribution in [0, 0.1) is 0 Å². The summed E-state index contributed by atoms with van der Waals surface area (Å²) in [5.74, 6) is -0.341. The summed E-state index contributed by atoms with van der Waals surface area (Å²) in [6, 6.07) is 12.5. The molecular weight excluding hydrogens is 332 g/mol. The van der Waals surface area contributed by atoms with Gasteiger partial charge in [-0.25, -0.2) is 4.79 Å². The average molecular weight is 354 g/mol. The Bertz CT molecular complexity index is 969. The van der Waals surface area contributed by atoms with E-state index >= 15 is 0 Å². The van der Waals surface area contributed by atoms with Gasteiger partial charge in [-0.1, -0.05) is 18.2 Å². The summed E-state index contributed by atoms with van der Waals surface area (Å²) >= 11 is 0. The third-order valence-corrected chi connectivity index (χ3v) is 3.77. The molecule has 3 aromatic rings. The lowest BCUT2D eigenvalue weighted by atomic mass is 10.1. The van der Waals surface area contributed by atoms with Gasteiger partial charge in [-0.3, -0.25) is 4.79 Å². The third-order valence-electron chi connectivity index (χ3n) is 3.77. The number of fused-ring (bicyclic) bond motifs is 3. The lowest BCUT2D eigenvalue weighted by Gasteiger charge is -2.21. The second-order valence-corrected chi connectivity index (χ2v) is 7.17. The molecule has 0 saturated heterocycles. The zero-order chi connectivity index (χ0) is 18.9. The summed E-state index contributed by atoms with van der Waals surface area (Å²) in [6.07, 6.45) is -0.632. The number of benzene rings is 2. The Hall–Kier alpha value is -3.02. The number of ether oxygens (including phenoxy) is 1. The fourth-order valence-electron chi connectivity index (χ4n) is 2.60. The van der Waals surface area contributed by atoms with Gasteiger partial charge in [0.15, 0.2) is 0 Å². The number of carbonyl (C=O) groups is 2. The maximum atomic E-state index is 12.3. The first-order chi connectivity index (χ1) is 12.2. The molecule has 6 nitrogen and oxygen atoms in total. The molecule has 2 N–H and O–H groups in total. The van der Waals surface area contributed by atoms with Crippen molar-refractivity contribution in [1.29, 1.82) is 0 Å². The summed E-state index contributed by atoms with van der Waals surface area (Å²) < 4.78 is 11.0. The molecule has 2 aromatic carbocycles. The van der Waals surface area contributed by atoms with Gasteiger partial charge in [-0.05, 0) is 45.9 Å². The first kappa shape index (κ1) is 17.8. The van der Waals surface area contributed by atoms with Crippen LogP contribution < -0.4 is 10.6 Å². The maximum Gasteiger partial charge on any atom is 0.408 e. The van der Waals surface area contributed by atoms with Gasteiger partial charge in [0.25, 0.3) is 0 Å². The van der Waals surface area contributed by atoms with Crippen molar-refractivity contribution in [2.45, 2.75) is 39.3 Å². The van der Waals surface area contributed by atoms with Crippen LogP contribution in [0.1, 0.15) is 27.7 Å². The second-order valence-electron chi connectivity index (χ2n) is 7.17. The van der Waals surface area contributed by atoms with Crippen molar-refractivity contribution >= 4 is 39.6 Å². The molecule has 0 saturated carbocycles. The van der Waals surface area contributed by atoms with Crippen LogP contribution >= 0.6 is 0 Å². The number of rotatable bonds is 3. The number of carbonyl (C=O) groups excluding carboxylic acids is 2. The fraction of sp³-hybridized carbons (Fsp3) is 0.300. The van der Waals surface area contributed by atoms with Crippen molar-refractivity contribution in [3.05, 3.63) is 42.5 Å². The highest BCUT2D eigenvalue weighted by Gasteiger charge is 2.21. The smallest absolute Gasteiger partial charge is 0.408 e. The first-order valence-electron chi connectivity index (χ1n) is 8.44. The van der Waals surface area contributed by atoms with E-state index in [0.717, 1.165) is 16.4 Å². The predicted molar refractivity (Wildman–Crippen MR) is 101 cm³/mol. The Morgan fingerprint density at radius 2 is 1.73 bits per heavy atom. The highest BCUT2D eigenvalue weighted by atomic mass is 16.6. The Labute approximate surface area is 151 Å². The Balaban J connectivity index is 1.70. The van der Waals surface area contributed by atoms with E-state index in [4.69, 9.17) is 9.15 Å². The number of amides is 2. The minimum absolute atomic E-state index is 0.341. The van der Waals surface area contributed by atoms with Gasteiger partial charge in [0.05, 0.1) is 0 Å². The van der Waals surface area contributed by atoms with E-state index in [2.05, 4.69) is 10.6 Å². The Morgan fingerprint density at radius 1 is 1.04 bits per heavy atom. The highest BCUT2D eigenvalue weighted by Crippen LogP contribution is 2.30. The number of hydrogen-bond donors (Lipinski definition) is 2. The fourth-order valence-corrected chi connectivity index (χ4v) is 2.60. The summed E-state index contributed by atoms with van der Waals surface area (Å²) in [5, 5.41) is 7.31. The number of para-hydroxylation sites is 1. The zero-order valence-corrected chi connectivity index (χ0v) is 15.3. The summed E-state index contributed by atoms with van der Waals surface area (Å²) in [6.45, 7) is 6.89. The van der Waals surface area contributed by atoms with Crippen molar-refractivity contribution in [3.63, 3.8) is 0 Å². The maximum absolute atomic E-state index is 12.3. The molecule has 0 spiro atoms. The number of nitrogens with one attached hydrogen (secondary N) is 2. The molecule has 26 heavy (non-hydrogen) atoms. The molecule has 0 aliphatic rings. The van der Waals surface area contributed by atoms with Crippen LogP contribution in [-0.2, 0) is 9.53 Å². The molecule has 0 bridgehead atoms. The van der Waals surface area contributed by atoms with Gasteiger partial charge in [0.1, 0.15) is 22.8 Å². The van der Waals surface area contributed by atoms with Gasteiger partial charge in [0.2, 0.25) is 5.91 Å². The molecule has 0 fully saturated rings. The SMILES string of the molecule is C[C@H](NC(=O)OC(C)(C)C)C(=O)Nc1ccc2c(c1)oc1ccccc12. The van der Waals surface area contributed by atoms with Crippen LogP contribution in [0.3, 0.4) is 0 Å². The van der Waals surface area contributed by atoms with Crippen molar-refractivity contribution < 1.29 is 18.7 Å². The van der Waals surface area contributed by atoms with Gasteiger partial charge in [-0.2, -0.15) is 0 Å². The summed E-state index contributed by atoms with van der Waals surface area (Å²) in [5.41, 5.74) is 1.47. The summed E-state index contributed by atoms with van der Waals surface area (Å²) in [4.78, 5) is 24.1. The normalized spacial score (nSPS) is 12.8. The molecule has 0 unspecified atom stereocenters. The second kappa shape index (κ2) is 6.71. The molecule has 1 aromatic heterocycles. The number of alkyl carbamates (subject to hydrolysis) is 1. The van der Waals surface area contributed by atoms with Crippen LogP contribution in [0.5, 0.6) is 0 Å². The van der Waals surface area contributed by atoms with E-state index in [1.54, 1.807) is 33.8 Å². The van der Waals surface area contributed by atoms with E-state index in [-0.39, 0.29) is 5.91 Å². The lowest BCUT2D eigenvalue weighted by molar-refractivity contribution is -0.117. The summed E-state index contributed by atoms with van der Waals surface area (Å²) in [7, 11) is 0. The molecule has 0 aliphatic heterocycles. The van der Waals surface area contributed by atoms with E-state index in [1.165, 1.54) is 0 Å². The van der Waals surface area contributed by atoms with Gasteiger partial charge >= 0.3 is 6.09 Å². The third kappa shape index (κ3) is 3.96. The molecule has 6 heteroatoms. The first-order valence-corrected chi connectivity index (χ1v) is 8.44. The monoisotopic (exact) mass is 354 g/mol. The van der Waals surface area contributed by atoms with E-state index in [9.17, 15) is 9.59 Å². The quantitative estimate of drug-likeness (QED) is 0.729. The Kier molecular flexibility index (Phi) is 4.59. The molecule has 2 amide bonds. The molecule has 0 aliphatic carbocycles. The topological polar surface area (TPSA) is 80.6 Å². The van der Waals surface area contributed by atoms with Crippen molar-refractivity contribution in [3.8, 4) is 0 Å². The standard InChI is InChI=1S/C20H22N2O4/c1-12(21-19(24)26-20(2,3)4)18(23)22-13-9-10-15-14-7-5-6-8-16(14)25-17(15)11-13/h5-12H,1-4H3,(H,21,24)(H,22,23)/t12-/m0/s1. The number of furan rings is 1. The minimum Gasteiger partial charge on any atom is -0.456 e. The number of hydrogen-bond acceptors (Lipinski definition) is 4. The van der Waals surface area contributed by atoms with Crippen LogP contribution in [0.4, 0.5) is 10.5 Å². The minimum atomic E-state index is -0.740. The average Bonchev–Trinajstić information content (AvgIpc) is 2.90. The van der Waals surface area contributed by atoms with Crippen LogP contribution in [0.25, 0.3) is 21.9 Å². The van der Waals surface area contributed by atoms with Crippen LogP contribution in [-0.4, -0.2) is 23.6 Å². The van der Waals surface area contributed by atoms with E-state index in [0.29, 0.717) is 11.3 Å². The lowest BCUT2D eigenvalue weighted by Crippen LogP contribution is -2.43. The highest BCUT2D eigenvalue weighted by molar-refractivity contribution is 6.06. The van der Waals surface area contributed by atoms with Crippen molar-refractivity contribution in [2.24, 2.45) is 0 Å². The number of anilines is 1. The van der Waals surface area contributed by atoms with Gasteiger partial charge in [-0.15, -0.1) is 0 Å².